The molecule has 2 heterocycles. The van der Waals surface area contributed by atoms with Gasteiger partial charge in [-0.3, -0.25) is 15.0 Å². The van der Waals surface area contributed by atoms with E-state index in [-0.39, 0.29) is 11.9 Å². The summed E-state index contributed by atoms with van der Waals surface area (Å²) in [6.07, 6.45) is 6.70. The van der Waals surface area contributed by atoms with Gasteiger partial charge in [-0.15, -0.1) is 0 Å². The van der Waals surface area contributed by atoms with Crippen LogP contribution in [0.2, 0.25) is 0 Å². The lowest BCUT2D eigenvalue weighted by molar-refractivity contribution is -0.122. The molecule has 0 bridgehead atoms. The number of carbonyl (C=O) groups excluding carboxylic acids is 1. The van der Waals surface area contributed by atoms with Crippen LogP contribution >= 0.6 is 0 Å². The van der Waals surface area contributed by atoms with Gasteiger partial charge in [0.1, 0.15) is 0 Å². The molecule has 1 saturated heterocycles. The number of aryl methyl sites for hydroxylation is 1. The van der Waals surface area contributed by atoms with E-state index in [1.54, 1.807) is 6.07 Å². The number of amides is 1. The van der Waals surface area contributed by atoms with Crippen LogP contribution in [0.4, 0.5) is 5.88 Å². The molecule has 1 aromatic heterocycles. The Hall–Kier alpha value is -1.36. The van der Waals surface area contributed by atoms with E-state index in [0.717, 1.165) is 30.6 Å². The first kappa shape index (κ1) is 14.6. The molecule has 1 saturated carbocycles. The molecule has 3 atom stereocenters. The van der Waals surface area contributed by atoms with E-state index in [0.29, 0.717) is 5.88 Å². The molecule has 3 unspecified atom stereocenters. The number of rotatable bonds is 3. The number of fused-ring (bicyclic) bond motifs is 1. The van der Waals surface area contributed by atoms with Crippen LogP contribution in [0.25, 0.3) is 0 Å². The van der Waals surface area contributed by atoms with Gasteiger partial charge in [0, 0.05) is 12.6 Å². The molecule has 21 heavy (non-hydrogen) atoms. The van der Waals surface area contributed by atoms with Crippen molar-refractivity contribution in [3.63, 3.8) is 0 Å². The van der Waals surface area contributed by atoms with Gasteiger partial charge in [0.05, 0.1) is 11.7 Å². The number of aromatic nitrogens is 1. The summed E-state index contributed by atoms with van der Waals surface area (Å²) in [7, 11) is 0. The molecule has 3 rings (SSSR count). The van der Waals surface area contributed by atoms with Crippen molar-refractivity contribution in [3.8, 4) is 0 Å². The normalized spacial score (nSPS) is 27.9. The number of hydrogen-bond donors (Lipinski definition) is 1. The number of nitrogens with zero attached hydrogens (tertiary/aromatic N) is 2. The minimum Gasteiger partial charge on any atom is -0.338 e. The maximum atomic E-state index is 12.3. The third-order valence-corrected chi connectivity index (χ3v) is 5.12. The van der Waals surface area contributed by atoms with Crippen molar-refractivity contribution in [1.82, 2.24) is 10.1 Å². The predicted octanol–water partition coefficient (Wildman–Crippen LogP) is 2.82. The topological polar surface area (TPSA) is 58.4 Å². The summed E-state index contributed by atoms with van der Waals surface area (Å²) in [4.78, 5) is 14.7. The molecular formula is C16H25N3O2. The number of hydrogen-bond acceptors (Lipinski definition) is 4. The van der Waals surface area contributed by atoms with Gasteiger partial charge in [0.25, 0.3) is 0 Å². The molecule has 1 aliphatic heterocycles. The molecule has 5 heteroatoms. The highest BCUT2D eigenvalue weighted by Crippen LogP contribution is 2.36. The van der Waals surface area contributed by atoms with Gasteiger partial charge in [0.15, 0.2) is 0 Å². The fraction of sp³-hybridized carbons (Fsp3) is 0.750. The largest absolute Gasteiger partial charge is 0.338 e. The van der Waals surface area contributed by atoms with Crippen molar-refractivity contribution in [2.24, 2.45) is 11.8 Å². The van der Waals surface area contributed by atoms with E-state index in [1.165, 1.54) is 32.1 Å². The van der Waals surface area contributed by atoms with Crippen LogP contribution in [0.15, 0.2) is 10.6 Å². The van der Waals surface area contributed by atoms with E-state index in [2.05, 4.69) is 15.4 Å². The highest BCUT2D eigenvalue weighted by atomic mass is 16.5. The van der Waals surface area contributed by atoms with E-state index < -0.39 is 0 Å². The highest BCUT2D eigenvalue weighted by Gasteiger charge is 2.34. The number of piperidine rings is 1. The van der Waals surface area contributed by atoms with E-state index in [4.69, 9.17) is 4.52 Å². The first-order valence-electron chi connectivity index (χ1n) is 8.11. The van der Waals surface area contributed by atoms with E-state index >= 15 is 0 Å². The molecule has 1 N–H and O–H groups in total. The molecule has 1 aliphatic carbocycles. The summed E-state index contributed by atoms with van der Waals surface area (Å²) in [5.41, 5.74) is 0.779. The van der Waals surface area contributed by atoms with Crippen LogP contribution in [-0.2, 0) is 4.79 Å². The van der Waals surface area contributed by atoms with Gasteiger partial charge in [-0.1, -0.05) is 24.4 Å². The number of likely N-dealkylation sites (tertiary alicyclic amines) is 1. The first-order chi connectivity index (χ1) is 10.1. The van der Waals surface area contributed by atoms with Crippen molar-refractivity contribution in [3.05, 3.63) is 11.8 Å². The van der Waals surface area contributed by atoms with Crippen molar-refractivity contribution in [2.45, 2.75) is 52.0 Å². The minimum absolute atomic E-state index is 0.000379. The number of carbonyl (C=O) groups is 1. The Morgan fingerprint density at radius 2 is 2.14 bits per heavy atom. The van der Waals surface area contributed by atoms with Crippen LogP contribution in [0.5, 0.6) is 0 Å². The average Bonchev–Trinajstić information content (AvgIpc) is 2.91. The summed E-state index contributed by atoms with van der Waals surface area (Å²) in [5.74, 6) is 2.12. The fourth-order valence-electron chi connectivity index (χ4n) is 3.79. The summed E-state index contributed by atoms with van der Waals surface area (Å²) in [5, 5.41) is 6.61. The van der Waals surface area contributed by atoms with Gasteiger partial charge in [-0.25, -0.2) is 0 Å². The fourth-order valence-corrected chi connectivity index (χ4v) is 3.79. The molecule has 0 radical (unpaired) electrons. The van der Waals surface area contributed by atoms with Crippen molar-refractivity contribution in [2.75, 3.05) is 18.4 Å². The maximum Gasteiger partial charge on any atom is 0.243 e. The molecule has 5 nitrogen and oxygen atoms in total. The minimum atomic E-state index is -0.113. The average molecular weight is 291 g/mol. The quantitative estimate of drug-likeness (QED) is 0.930. The van der Waals surface area contributed by atoms with Gasteiger partial charge < -0.3 is 4.52 Å². The van der Waals surface area contributed by atoms with E-state index in [9.17, 15) is 4.79 Å². The van der Waals surface area contributed by atoms with Crippen molar-refractivity contribution >= 4 is 11.8 Å². The highest BCUT2D eigenvalue weighted by molar-refractivity contribution is 5.93. The number of nitrogens with one attached hydrogen (secondary N) is 1. The monoisotopic (exact) mass is 291 g/mol. The summed E-state index contributed by atoms with van der Waals surface area (Å²) in [6.45, 7) is 5.93. The SMILES string of the molecule is Cc1cc(NC(=O)C(C)N2CCC3CCCCC3C2)on1. The Morgan fingerprint density at radius 1 is 1.38 bits per heavy atom. The molecule has 1 amide bonds. The first-order valence-corrected chi connectivity index (χ1v) is 8.11. The Bertz CT molecular complexity index is 499. The molecular weight excluding hydrogens is 266 g/mol. The molecule has 2 fully saturated rings. The molecule has 0 aromatic carbocycles. The van der Waals surface area contributed by atoms with Crippen molar-refractivity contribution < 1.29 is 9.32 Å². The van der Waals surface area contributed by atoms with Gasteiger partial charge in [0.2, 0.25) is 11.8 Å². The summed E-state index contributed by atoms with van der Waals surface area (Å²) >= 11 is 0. The molecule has 116 valence electrons. The van der Waals surface area contributed by atoms with Gasteiger partial charge in [-0.05, 0) is 45.1 Å². The maximum absolute atomic E-state index is 12.3. The summed E-state index contributed by atoms with van der Waals surface area (Å²) < 4.78 is 5.06. The zero-order valence-electron chi connectivity index (χ0n) is 13.0. The third kappa shape index (κ3) is 3.28. The second kappa shape index (κ2) is 6.18. The van der Waals surface area contributed by atoms with Crippen molar-refractivity contribution in [1.29, 1.82) is 0 Å². The van der Waals surface area contributed by atoms with E-state index in [1.807, 2.05) is 13.8 Å². The van der Waals surface area contributed by atoms with Crippen LogP contribution in [-0.4, -0.2) is 35.1 Å². The molecule has 1 aromatic rings. The Morgan fingerprint density at radius 3 is 2.86 bits per heavy atom. The smallest absolute Gasteiger partial charge is 0.243 e. The second-order valence-corrected chi connectivity index (χ2v) is 6.59. The Balaban J connectivity index is 1.57. The second-order valence-electron chi connectivity index (χ2n) is 6.59. The molecule has 2 aliphatic rings. The van der Waals surface area contributed by atoms with Crippen LogP contribution in [0.1, 0.15) is 44.7 Å². The zero-order valence-corrected chi connectivity index (χ0v) is 13.0. The summed E-state index contributed by atoms with van der Waals surface area (Å²) in [6, 6.07) is 1.64. The molecule has 0 spiro atoms. The standard InChI is InChI=1S/C16H25N3O2/c1-11-9-15(21-18-11)17-16(20)12(2)19-8-7-13-5-3-4-6-14(13)10-19/h9,12-14H,3-8,10H2,1-2H3,(H,17,20). The number of anilines is 1. The predicted molar refractivity (Wildman–Crippen MR) is 81.0 cm³/mol. The zero-order chi connectivity index (χ0) is 14.8. The lowest BCUT2D eigenvalue weighted by Crippen LogP contribution is -2.49. The van der Waals surface area contributed by atoms with Gasteiger partial charge in [-0.2, -0.15) is 0 Å². The Labute approximate surface area is 126 Å². The third-order valence-electron chi connectivity index (χ3n) is 5.12. The van der Waals surface area contributed by atoms with Crippen LogP contribution in [0, 0.1) is 18.8 Å². The Kier molecular flexibility index (Phi) is 4.29. The lowest BCUT2D eigenvalue weighted by atomic mass is 9.75. The lowest BCUT2D eigenvalue weighted by Gasteiger charge is -2.43. The van der Waals surface area contributed by atoms with Crippen LogP contribution < -0.4 is 5.32 Å². The van der Waals surface area contributed by atoms with Crippen LogP contribution in [0.3, 0.4) is 0 Å². The van der Waals surface area contributed by atoms with Gasteiger partial charge >= 0.3 is 0 Å².